The summed E-state index contributed by atoms with van der Waals surface area (Å²) >= 11 is 0. The van der Waals surface area contributed by atoms with E-state index in [1.807, 2.05) is 48.5 Å². The number of rotatable bonds is 6. The lowest BCUT2D eigenvalue weighted by atomic mass is 10.1. The second-order valence-corrected chi connectivity index (χ2v) is 7.64. The van der Waals surface area contributed by atoms with Gasteiger partial charge in [0.15, 0.2) is 0 Å². The lowest BCUT2D eigenvalue weighted by Crippen LogP contribution is -2.31. The van der Waals surface area contributed by atoms with E-state index in [2.05, 4.69) is 15.3 Å². The molecule has 2 N–H and O–H groups in total. The van der Waals surface area contributed by atoms with Crippen molar-refractivity contribution in [1.82, 2.24) is 14.9 Å². The topological polar surface area (TPSA) is 95.2 Å². The van der Waals surface area contributed by atoms with E-state index in [9.17, 15) is 14.4 Å². The smallest absolute Gasteiger partial charge is 0.261 e. The molecular formula is C25H20N4O3. The van der Waals surface area contributed by atoms with Crippen LogP contribution in [0.25, 0.3) is 22.4 Å². The molecule has 0 atom stereocenters. The fourth-order valence-electron chi connectivity index (χ4n) is 3.86. The summed E-state index contributed by atoms with van der Waals surface area (Å²) in [6, 6.07) is 22.0. The summed E-state index contributed by atoms with van der Waals surface area (Å²) in [5, 5.41) is 2.85. The Balaban J connectivity index is 1.15. The summed E-state index contributed by atoms with van der Waals surface area (Å²) in [4.78, 5) is 46.1. The van der Waals surface area contributed by atoms with Gasteiger partial charge in [-0.2, -0.15) is 0 Å². The number of imidazole rings is 1. The monoisotopic (exact) mass is 424 g/mol. The van der Waals surface area contributed by atoms with E-state index in [-0.39, 0.29) is 30.7 Å². The summed E-state index contributed by atoms with van der Waals surface area (Å²) in [7, 11) is 0. The number of hydrogen-bond acceptors (Lipinski definition) is 4. The van der Waals surface area contributed by atoms with Crippen molar-refractivity contribution >= 4 is 34.4 Å². The van der Waals surface area contributed by atoms with Gasteiger partial charge < -0.3 is 10.3 Å². The third kappa shape index (κ3) is 3.65. The summed E-state index contributed by atoms with van der Waals surface area (Å²) in [5.74, 6) is 0.00230. The van der Waals surface area contributed by atoms with Gasteiger partial charge in [0.05, 0.1) is 22.2 Å². The van der Waals surface area contributed by atoms with Crippen molar-refractivity contribution in [3.8, 4) is 11.4 Å². The summed E-state index contributed by atoms with van der Waals surface area (Å²) in [5.41, 5.74) is 4.31. The van der Waals surface area contributed by atoms with Gasteiger partial charge in [-0.3, -0.25) is 19.3 Å². The molecule has 5 rings (SSSR count). The number of amides is 3. The van der Waals surface area contributed by atoms with E-state index >= 15 is 0 Å². The van der Waals surface area contributed by atoms with Crippen LogP contribution < -0.4 is 5.32 Å². The predicted octanol–water partition coefficient (Wildman–Crippen LogP) is 4.24. The zero-order valence-electron chi connectivity index (χ0n) is 17.2. The molecule has 1 aliphatic rings. The highest BCUT2D eigenvalue weighted by atomic mass is 16.2. The lowest BCUT2D eigenvalue weighted by Gasteiger charge is -2.13. The largest absolute Gasteiger partial charge is 0.338 e. The highest BCUT2D eigenvalue weighted by Crippen LogP contribution is 2.24. The van der Waals surface area contributed by atoms with Crippen LogP contribution in [0.4, 0.5) is 5.69 Å². The maximum absolute atomic E-state index is 12.4. The van der Waals surface area contributed by atoms with Crippen molar-refractivity contribution in [2.24, 2.45) is 0 Å². The molecule has 1 aromatic heterocycles. The number of fused-ring (bicyclic) bond motifs is 2. The molecule has 0 aliphatic carbocycles. The minimum Gasteiger partial charge on any atom is -0.338 e. The number of hydrogen-bond donors (Lipinski definition) is 2. The number of para-hydroxylation sites is 2. The van der Waals surface area contributed by atoms with E-state index in [4.69, 9.17) is 0 Å². The van der Waals surface area contributed by atoms with Gasteiger partial charge in [-0.25, -0.2) is 4.98 Å². The van der Waals surface area contributed by atoms with Crippen LogP contribution in [0, 0.1) is 0 Å². The van der Waals surface area contributed by atoms with Gasteiger partial charge in [0.2, 0.25) is 5.91 Å². The predicted molar refractivity (Wildman–Crippen MR) is 121 cm³/mol. The Hall–Kier alpha value is -4.26. The van der Waals surface area contributed by atoms with Gasteiger partial charge in [0.1, 0.15) is 5.82 Å². The average Bonchev–Trinajstić information content (AvgIpc) is 3.35. The Morgan fingerprint density at radius 3 is 2.22 bits per heavy atom. The Labute approximate surface area is 184 Å². The SMILES string of the molecule is O=C(CCCN1C(=O)c2ccccc2C1=O)Nc1ccc(-c2nc3ccccc3[nH]2)cc1. The van der Waals surface area contributed by atoms with Gasteiger partial charge in [0.25, 0.3) is 11.8 Å². The zero-order chi connectivity index (χ0) is 22.1. The van der Waals surface area contributed by atoms with Crippen LogP contribution in [0.1, 0.15) is 33.6 Å². The first kappa shape index (κ1) is 19.7. The average molecular weight is 424 g/mol. The quantitative estimate of drug-likeness (QED) is 0.453. The fraction of sp³-hybridized carbons (Fsp3) is 0.120. The number of aromatic amines is 1. The minimum atomic E-state index is -0.299. The Bertz CT molecular complexity index is 1270. The molecule has 0 fully saturated rings. The first-order valence-electron chi connectivity index (χ1n) is 10.4. The molecule has 4 aromatic rings. The molecule has 0 spiro atoms. The Morgan fingerprint density at radius 1 is 0.875 bits per heavy atom. The van der Waals surface area contributed by atoms with Crippen LogP contribution in [-0.4, -0.2) is 39.1 Å². The van der Waals surface area contributed by atoms with E-state index in [1.54, 1.807) is 24.3 Å². The van der Waals surface area contributed by atoms with Crippen LogP contribution in [0.5, 0.6) is 0 Å². The number of nitrogens with one attached hydrogen (secondary N) is 2. The number of imide groups is 1. The van der Waals surface area contributed by atoms with Crippen molar-refractivity contribution < 1.29 is 14.4 Å². The van der Waals surface area contributed by atoms with Crippen LogP contribution in [-0.2, 0) is 4.79 Å². The molecule has 7 nitrogen and oxygen atoms in total. The van der Waals surface area contributed by atoms with Crippen molar-refractivity contribution in [3.63, 3.8) is 0 Å². The molecule has 32 heavy (non-hydrogen) atoms. The van der Waals surface area contributed by atoms with E-state index < -0.39 is 0 Å². The molecular weight excluding hydrogens is 404 g/mol. The molecule has 0 saturated heterocycles. The first-order chi connectivity index (χ1) is 15.6. The number of H-pyrrole nitrogens is 1. The second kappa shape index (κ2) is 8.11. The number of benzene rings is 3. The highest BCUT2D eigenvalue weighted by Gasteiger charge is 2.34. The number of nitrogens with zero attached hydrogens (tertiary/aromatic N) is 2. The minimum absolute atomic E-state index is 0.168. The molecule has 1 aliphatic heterocycles. The van der Waals surface area contributed by atoms with Crippen molar-refractivity contribution in [3.05, 3.63) is 83.9 Å². The maximum Gasteiger partial charge on any atom is 0.261 e. The normalized spacial score (nSPS) is 12.9. The Morgan fingerprint density at radius 2 is 1.53 bits per heavy atom. The number of carbonyl (C=O) groups is 3. The van der Waals surface area contributed by atoms with Crippen molar-refractivity contribution in [2.45, 2.75) is 12.8 Å². The van der Waals surface area contributed by atoms with Gasteiger partial charge in [-0.1, -0.05) is 24.3 Å². The Kier molecular flexibility index (Phi) is 4.99. The molecule has 0 saturated carbocycles. The van der Waals surface area contributed by atoms with Gasteiger partial charge in [-0.05, 0) is 55.0 Å². The van der Waals surface area contributed by atoms with Crippen molar-refractivity contribution in [2.75, 3.05) is 11.9 Å². The summed E-state index contributed by atoms with van der Waals surface area (Å²) in [6.07, 6.45) is 0.604. The molecule has 0 radical (unpaired) electrons. The van der Waals surface area contributed by atoms with Gasteiger partial charge >= 0.3 is 0 Å². The van der Waals surface area contributed by atoms with E-state index in [0.717, 1.165) is 22.4 Å². The molecule has 3 amide bonds. The third-order valence-electron chi connectivity index (χ3n) is 5.50. The lowest BCUT2D eigenvalue weighted by molar-refractivity contribution is -0.116. The molecule has 7 heteroatoms. The standard InChI is InChI=1S/C25H20N4O3/c30-22(10-5-15-29-24(31)18-6-1-2-7-19(18)25(29)32)26-17-13-11-16(12-14-17)23-27-20-8-3-4-9-21(20)28-23/h1-4,6-9,11-14H,5,10,15H2,(H,26,30)(H,27,28). The molecule has 0 bridgehead atoms. The van der Waals surface area contributed by atoms with Gasteiger partial charge in [0, 0.05) is 24.2 Å². The summed E-state index contributed by atoms with van der Waals surface area (Å²) in [6.45, 7) is 0.213. The molecule has 0 unspecified atom stereocenters. The number of carbonyl (C=O) groups excluding carboxylic acids is 3. The van der Waals surface area contributed by atoms with Crippen molar-refractivity contribution in [1.29, 1.82) is 0 Å². The zero-order valence-corrected chi connectivity index (χ0v) is 17.2. The summed E-state index contributed by atoms with van der Waals surface area (Å²) < 4.78 is 0. The van der Waals surface area contributed by atoms with E-state index in [0.29, 0.717) is 23.2 Å². The van der Waals surface area contributed by atoms with Crippen LogP contribution in [0.3, 0.4) is 0 Å². The van der Waals surface area contributed by atoms with Crippen LogP contribution >= 0.6 is 0 Å². The third-order valence-corrected chi connectivity index (χ3v) is 5.50. The fourth-order valence-corrected chi connectivity index (χ4v) is 3.86. The molecule has 3 aromatic carbocycles. The first-order valence-corrected chi connectivity index (χ1v) is 10.4. The van der Waals surface area contributed by atoms with Crippen LogP contribution in [0.2, 0.25) is 0 Å². The number of aromatic nitrogens is 2. The second-order valence-electron chi connectivity index (χ2n) is 7.64. The van der Waals surface area contributed by atoms with Gasteiger partial charge in [-0.15, -0.1) is 0 Å². The van der Waals surface area contributed by atoms with E-state index in [1.165, 1.54) is 4.90 Å². The molecule has 2 heterocycles. The highest BCUT2D eigenvalue weighted by molar-refractivity contribution is 6.21. The molecule has 158 valence electrons. The number of anilines is 1. The maximum atomic E-state index is 12.4. The van der Waals surface area contributed by atoms with Crippen LogP contribution in [0.15, 0.2) is 72.8 Å².